The Morgan fingerprint density at radius 2 is 1.75 bits per heavy atom. The number of benzene rings is 2. The van der Waals surface area contributed by atoms with Crippen molar-refractivity contribution in [3.63, 3.8) is 0 Å². The summed E-state index contributed by atoms with van der Waals surface area (Å²) < 4.78 is 0. The normalized spacial score (nSPS) is 12.4. The summed E-state index contributed by atoms with van der Waals surface area (Å²) in [5, 5.41) is 4.19. The molecule has 1 atom stereocenters. The third kappa shape index (κ3) is 3.57. The molecule has 1 unspecified atom stereocenters. The van der Waals surface area contributed by atoms with Crippen LogP contribution in [0.15, 0.2) is 47.4 Å². The maximum Gasteiger partial charge on any atom is 0.0574 e. The topological polar surface area (TPSA) is 12.0 Å². The Morgan fingerprint density at radius 1 is 1.10 bits per heavy atom. The first kappa shape index (κ1) is 15.4. The van der Waals surface area contributed by atoms with Crippen LogP contribution in [0.1, 0.15) is 29.7 Å². The Kier molecular flexibility index (Phi) is 5.53. The van der Waals surface area contributed by atoms with Crippen molar-refractivity contribution in [2.45, 2.75) is 24.8 Å². The Labute approximate surface area is 130 Å². The van der Waals surface area contributed by atoms with Crippen LogP contribution in [0, 0.1) is 6.92 Å². The summed E-state index contributed by atoms with van der Waals surface area (Å²) in [6.45, 7) is 4.19. The molecule has 3 heteroatoms. The van der Waals surface area contributed by atoms with Crippen molar-refractivity contribution in [2.24, 2.45) is 0 Å². The van der Waals surface area contributed by atoms with Crippen LogP contribution < -0.4 is 5.32 Å². The van der Waals surface area contributed by atoms with E-state index in [0.717, 1.165) is 16.3 Å². The lowest BCUT2D eigenvalue weighted by Gasteiger charge is -2.18. The van der Waals surface area contributed by atoms with Crippen molar-refractivity contribution in [3.8, 4) is 0 Å². The molecule has 0 saturated carbocycles. The van der Waals surface area contributed by atoms with Crippen LogP contribution in [0.25, 0.3) is 0 Å². The van der Waals surface area contributed by atoms with E-state index in [1.165, 1.54) is 16.0 Å². The SMILES string of the molecule is CCSc1ccc(C(NC)c2ccc(C)c(Cl)c2)cc1. The molecule has 0 bridgehead atoms. The third-order valence-electron chi connectivity index (χ3n) is 3.34. The number of halogens is 1. The molecule has 0 aliphatic rings. The highest BCUT2D eigenvalue weighted by molar-refractivity contribution is 7.99. The molecular formula is C17H20ClNS. The molecule has 2 rings (SSSR count). The minimum atomic E-state index is 0.175. The molecule has 106 valence electrons. The fraction of sp³-hybridized carbons (Fsp3) is 0.294. The fourth-order valence-corrected chi connectivity index (χ4v) is 3.09. The number of thioether (sulfide) groups is 1. The highest BCUT2D eigenvalue weighted by Gasteiger charge is 2.12. The van der Waals surface area contributed by atoms with E-state index in [-0.39, 0.29) is 6.04 Å². The van der Waals surface area contributed by atoms with Crippen molar-refractivity contribution >= 4 is 23.4 Å². The largest absolute Gasteiger partial charge is 0.309 e. The van der Waals surface area contributed by atoms with Gasteiger partial charge in [0.15, 0.2) is 0 Å². The predicted molar refractivity (Wildman–Crippen MR) is 89.9 cm³/mol. The van der Waals surface area contributed by atoms with Gasteiger partial charge in [-0.3, -0.25) is 0 Å². The average Bonchev–Trinajstić information content (AvgIpc) is 2.46. The van der Waals surface area contributed by atoms with Crippen molar-refractivity contribution in [1.29, 1.82) is 0 Å². The molecule has 0 amide bonds. The van der Waals surface area contributed by atoms with Gasteiger partial charge >= 0.3 is 0 Å². The fourth-order valence-electron chi connectivity index (χ4n) is 2.24. The molecule has 20 heavy (non-hydrogen) atoms. The summed E-state index contributed by atoms with van der Waals surface area (Å²) in [6.07, 6.45) is 0. The minimum absolute atomic E-state index is 0.175. The monoisotopic (exact) mass is 305 g/mol. The summed E-state index contributed by atoms with van der Waals surface area (Å²) in [4.78, 5) is 1.31. The number of hydrogen-bond donors (Lipinski definition) is 1. The lowest BCUT2D eigenvalue weighted by Crippen LogP contribution is -2.17. The van der Waals surface area contributed by atoms with Crippen molar-refractivity contribution in [3.05, 3.63) is 64.2 Å². The van der Waals surface area contributed by atoms with E-state index in [2.05, 4.69) is 48.6 Å². The minimum Gasteiger partial charge on any atom is -0.309 e. The van der Waals surface area contributed by atoms with Crippen LogP contribution in [0.5, 0.6) is 0 Å². The van der Waals surface area contributed by atoms with Crippen LogP contribution in [0.4, 0.5) is 0 Å². The van der Waals surface area contributed by atoms with Gasteiger partial charge in [-0.05, 0) is 54.6 Å². The Morgan fingerprint density at radius 3 is 2.30 bits per heavy atom. The molecule has 0 fully saturated rings. The smallest absolute Gasteiger partial charge is 0.0574 e. The lowest BCUT2D eigenvalue weighted by atomic mass is 9.98. The Bertz CT molecular complexity index is 566. The second-order valence-corrected chi connectivity index (χ2v) is 6.48. The zero-order valence-corrected chi connectivity index (χ0v) is 13.7. The number of nitrogens with one attached hydrogen (secondary N) is 1. The molecule has 2 aromatic carbocycles. The zero-order chi connectivity index (χ0) is 14.5. The summed E-state index contributed by atoms with van der Waals surface area (Å²) in [5.41, 5.74) is 3.56. The van der Waals surface area contributed by atoms with E-state index in [9.17, 15) is 0 Å². The van der Waals surface area contributed by atoms with Gasteiger partial charge in [0.25, 0.3) is 0 Å². The summed E-state index contributed by atoms with van der Waals surface area (Å²) in [6, 6.07) is 15.2. The molecular weight excluding hydrogens is 286 g/mol. The van der Waals surface area contributed by atoms with E-state index < -0.39 is 0 Å². The second-order valence-electron chi connectivity index (χ2n) is 4.73. The first-order valence-corrected chi connectivity index (χ1v) is 8.18. The van der Waals surface area contributed by atoms with Gasteiger partial charge in [0.05, 0.1) is 6.04 Å². The number of aryl methyl sites for hydroxylation is 1. The first-order chi connectivity index (χ1) is 9.65. The van der Waals surface area contributed by atoms with Gasteiger partial charge in [0.2, 0.25) is 0 Å². The summed E-state index contributed by atoms with van der Waals surface area (Å²) in [5.74, 6) is 1.10. The molecule has 1 nitrogen and oxygen atoms in total. The van der Waals surface area contributed by atoms with Crippen molar-refractivity contribution < 1.29 is 0 Å². The highest BCUT2D eigenvalue weighted by atomic mass is 35.5. The second kappa shape index (κ2) is 7.16. The first-order valence-electron chi connectivity index (χ1n) is 6.81. The molecule has 0 radical (unpaired) electrons. The van der Waals surface area contributed by atoms with Gasteiger partial charge in [-0.2, -0.15) is 0 Å². The van der Waals surface area contributed by atoms with E-state index in [1.54, 1.807) is 0 Å². The summed E-state index contributed by atoms with van der Waals surface area (Å²) in [7, 11) is 1.98. The molecule has 0 heterocycles. The van der Waals surface area contributed by atoms with E-state index >= 15 is 0 Å². The van der Waals surface area contributed by atoms with Gasteiger partial charge in [-0.15, -0.1) is 11.8 Å². The van der Waals surface area contributed by atoms with Gasteiger partial charge in [-0.1, -0.05) is 42.8 Å². The van der Waals surface area contributed by atoms with E-state index in [4.69, 9.17) is 11.6 Å². The Balaban J connectivity index is 2.29. The maximum atomic E-state index is 6.24. The van der Waals surface area contributed by atoms with Crippen LogP contribution in [-0.2, 0) is 0 Å². The zero-order valence-electron chi connectivity index (χ0n) is 12.1. The maximum absolute atomic E-state index is 6.24. The molecule has 2 aromatic rings. The van der Waals surface area contributed by atoms with Crippen LogP contribution in [0.2, 0.25) is 5.02 Å². The molecule has 0 aliphatic carbocycles. The van der Waals surface area contributed by atoms with Crippen LogP contribution in [-0.4, -0.2) is 12.8 Å². The molecule has 1 N–H and O–H groups in total. The van der Waals surface area contributed by atoms with Gasteiger partial charge in [0, 0.05) is 9.92 Å². The van der Waals surface area contributed by atoms with Gasteiger partial charge < -0.3 is 5.32 Å². The predicted octanol–water partition coefficient (Wildman–Crippen LogP) is 5.07. The van der Waals surface area contributed by atoms with Crippen LogP contribution in [0.3, 0.4) is 0 Å². The quantitative estimate of drug-likeness (QED) is 0.774. The average molecular weight is 306 g/mol. The van der Waals surface area contributed by atoms with E-state index in [1.807, 2.05) is 31.8 Å². The molecule has 0 aromatic heterocycles. The summed E-state index contributed by atoms with van der Waals surface area (Å²) >= 11 is 8.10. The molecule has 0 spiro atoms. The molecule has 0 saturated heterocycles. The Hall–Kier alpha value is -0.960. The molecule has 0 aliphatic heterocycles. The van der Waals surface area contributed by atoms with Crippen molar-refractivity contribution in [1.82, 2.24) is 5.32 Å². The standard InChI is InChI=1S/C17H20ClNS/c1-4-20-15-9-7-13(8-10-15)17(19-3)14-6-5-12(2)16(18)11-14/h5-11,17,19H,4H2,1-3H3. The van der Waals surface area contributed by atoms with Gasteiger partial charge in [0.1, 0.15) is 0 Å². The van der Waals surface area contributed by atoms with Crippen LogP contribution >= 0.6 is 23.4 Å². The number of hydrogen-bond acceptors (Lipinski definition) is 2. The number of rotatable bonds is 5. The third-order valence-corrected chi connectivity index (χ3v) is 4.64. The van der Waals surface area contributed by atoms with Crippen molar-refractivity contribution in [2.75, 3.05) is 12.8 Å². The van der Waals surface area contributed by atoms with Gasteiger partial charge in [-0.25, -0.2) is 0 Å². The highest BCUT2D eigenvalue weighted by Crippen LogP contribution is 2.27. The lowest BCUT2D eigenvalue weighted by molar-refractivity contribution is 0.691. The van der Waals surface area contributed by atoms with E-state index in [0.29, 0.717) is 0 Å².